The summed E-state index contributed by atoms with van der Waals surface area (Å²) in [5.41, 5.74) is 1.53. The van der Waals surface area contributed by atoms with Gasteiger partial charge in [-0.1, -0.05) is 17.7 Å². The van der Waals surface area contributed by atoms with Crippen LogP contribution in [0.2, 0.25) is 5.15 Å². The largest absolute Gasteiger partial charge is 0.331 e. The minimum absolute atomic E-state index is 0.0607. The van der Waals surface area contributed by atoms with Crippen LogP contribution in [0.25, 0.3) is 0 Å². The van der Waals surface area contributed by atoms with Gasteiger partial charge in [0.2, 0.25) is 0 Å². The Balaban J connectivity index is 1.90. The summed E-state index contributed by atoms with van der Waals surface area (Å²) in [5, 5.41) is 0.259. The van der Waals surface area contributed by atoms with E-state index in [1.807, 2.05) is 23.2 Å². The highest BCUT2D eigenvalue weighted by atomic mass is 35.5. The third kappa shape index (κ3) is 2.39. The van der Waals surface area contributed by atoms with Gasteiger partial charge in [-0.3, -0.25) is 9.78 Å². The fourth-order valence-electron chi connectivity index (χ4n) is 2.63. The number of hydrogen-bond acceptors (Lipinski definition) is 3. The average Bonchev–Trinajstić information content (AvgIpc) is 2.97. The van der Waals surface area contributed by atoms with Crippen LogP contribution in [-0.4, -0.2) is 27.3 Å². The van der Waals surface area contributed by atoms with E-state index in [1.54, 1.807) is 24.5 Å². The number of carbonyl (C=O) groups excluding carboxylic acids is 1. The van der Waals surface area contributed by atoms with E-state index in [-0.39, 0.29) is 17.1 Å². The van der Waals surface area contributed by atoms with Gasteiger partial charge in [0.15, 0.2) is 0 Å². The van der Waals surface area contributed by atoms with Crippen LogP contribution in [0.5, 0.6) is 0 Å². The van der Waals surface area contributed by atoms with Gasteiger partial charge in [0.1, 0.15) is 5.15 Å². The molecule has 3 rings (SSSR count). The molecule has 1 aliphatic rings. The third-order valence-corrected chi connectivity index (χ3v) is 3.87. The van der Waals surface area contributed by atoms with E-state index in [9.17, 15) is 4.79 Å². The quantitative estimate of drug-likeness (QED) is 0.797. The predicted octanol–water partition coefficient (Wildman–Crippen LogP) is 3.11. The van der Waals surface area contributed by atoms with Gasteiger partial charge in [0.05, 0.1) is 11.6 Å². The molecule has 0 aromatic carbocycles. The molecule has 5 heteroatoms. The summed E-state index contributed by atoms with van der Waals surface area (Å²) < 4.78 is 0. The Hall–Kier alpha value is -1.94. The van der Waals surface area contributed by atoms with Crippen molar-refractivity contribution in [1.82, 2.24) is 14.9 Å². The van der Waals surface area contributed by atoms with Crippen LogP contribution in [0.15, 0.2) is 42.9 Å². The molecule has 20 heavy (non-hydrogen) atoms. The average molecular weight is 288 g/mol. The molecule has 0 spiro atoms. The van der Waals surface area contributed by atoms with E-state index in [1.165, 1.54) is 0 Å². The number of pyridine rings is 2. The number of carbonyl (C=O) groups is 1. The molecule has 1 fully saturated rings. The Morgan fingerprint density at radius 1 is 1.30 bits per heavy atom. The minimum atomic E-state index is -0.0607. The highest BCUT2D eigenvalue weighted by molar-refractivity contribution is 6.32. The SMILES string of the molecule is O=C(c1cccnc1Cl)N1CCCC1c1cccnc1. The van der Waals surface area contributed by atoms with E-state index in [4.69, 9.17) is 11.6 Å². The molecule has 0 aliphatic carbocycles. The smallest absolute Gasteiger partial charge is 0.257 e. The Morgan fingerprint density at radius 3 is 2.90 bits per heavy atom. The molecule has 0 bridgehead atoms. The summed E-state index contributed by atoms with van der Waals surface area (Å²) >= 11 is 6.02. The molecule has 3 heterocycles. The summed E-state index contributed by atoms with van der Waals surface area (Å²) in [6.45, 7) is 0.740. The monoisotopic (exact) mass is 287 g/mol. The summed E-state index contributed by atoms with van der Waals surface area (Å²) in [5.74, 6) is -0.0607. The van der Waals surface area contributed by atoms with Crippen LogP contribution in [-0.2, 0) is 0 Å². The first kappa shape index (κ1) is 13.1. The van der Waals surface area contributed by atoms with E-state index in [0.717, 1.165) is 24.9 Å². The minimum Gasteiger partial charge on any atom is -0.331 e. The maximum Gasteiger partial charge on any atom is 0.257 e. The molecular weight excluding hydrogens is 274 g/mol. The molecule has 1 unspecified atom stereocenters. The molecular formula is C15H14ClN3O. The van der Waals surface area contributed by atoms with Gasteiger partial charge >= 0.3 is 0 Å². The van der Waals surface area contributed by atoms with Gasteiger partial charge in [-0.25, -0.2) is 4.98 Å². The van der Waals surface area contributed by atoms with Gasteiger partial charge in [0, 0.05) is 25.1 Å². The van der Waals surface area contributed by atoms with Gasteiger partial charge < -0.3 is 4.90 Å². The van der Waals surface area contributed by atoms with E-state index >= 15 is 0 Å². The lowest BCUT2D eigenvalue weighted by Gasteiger charge is -2.25. The third-order valence-electron chi connectivity index (χ3n) is 3.57. The highest BCUT2D eigenvalue weighted by Gasteiger charge is 2.31. The predicted molar refractivity (Wildman–Crippen MR) is 76.5 cm³/mol. The highest BCUT2D eigenvalue weighted by Crippen LogP contribution is 2.33. The maximum atomic E-state index is 12.6. The van der Waals surface area contributed by atoms with Crippen molar-refractivity contribution in [1.29, 1.82) is 0 Å². The molecule has 0 saturated carbocycles. The first-order chi connectivity index (χ1) is 9.77. The van der Waals surface area contributed by atoms with Crippen LogP contribution in [0.1, 0.15) is 34.8 Å². The molecule has 2 aromatic rings. The van der Waals surface area contributed by atoms with Crippen molar-refractivity contribution in [3.8, 4) is 0 Å². The number of aromatic nitrogens is 2. The zero-order chi connectivity index (χ0) is 13.9. The van der Waals surface area contributed by atoms with Crippen molar-refractivity contribution in [3.63, 3.8) is 0 Å². The molecule has 2 aromatic heterocycles. The molecule has 1 aliphatic heterocycles. The van der Waals surface area contributed by atoms with E-state index < -0.39 is 0 Å². The zero-order valence-corrected chi connectivity index (χ0v) is 11.6. The van der Waals surface area contributed by atoms with E-state index in [0.29, 0.717) is 5.56 Å². The van der Waals surface area contributed by atoms with Crippen LogP contribution in [0.4, 0.5) is 0 Å². The molecule has 1 atom stereocenters. The Bertz CT molecular complexity index is 618. The molecule has 102 valence electrons. The fourth-order valence-corrected chi connectivity index (χ4v) is 2.83. The van der Waals surface area contributed by atoms with Crippen LogP contribution >= 0.6 is 11.6 Å². The lowest BCUT2D eigenvalue weighted by Crippen LogP contribution is -2.30. The van der Waals surface area contributed by atoms with Crippen molar-refractivity contribution < 1.29 is 4.79 Å². The fraction of sp³-hybridized carbons (Fsp3) is 0.267. The van der Waals surface area contributed by atoms with Gasteiger partial charge in [-0.2, -0.15) is 0 Å². The van der Waals surface area contributed by atoms with Gasteiger partial charge in [0.25, 0.3) is 5.91 Å². The number of nitrogens with zero attached hydrogens (tertiary/aromatic N) is 3. The second-order valence-corrected chi connectivity index (χ2v) is 5.14. The lowest BCUT2D eigenvalue weighted by atomic mass is 10.1. The summed E-state index contributed by atoms with van der Waals surface area (Å²) in [6.07, 6.45) is 7.09. The summed E-state index contributed by atoms with van der Waals surface area (Å²) in [7, 11) is 0. The normalized spacial score (nSPS) is 18.2. The van der Waals surface area contributed by atoms with Crippen molar-refractivity contribution in [2.45, 2.75) is 18.9 Å². The van der Waals surface area contributed by atoms with Crippen LogP contribution in [0, 0.1) is 0 Å². The number of halogens is 1. The van der Waals surface area contributed by atoms with Gasteiger partial charge in [-0.15, -0.1) is 0 Å². The van der Waals surface area contributed by atoms with Gasteiger partial charge in [-0.05, 0) is 36.6 Å². The standard InChI is InChI=1S/C15H14ClN3O/c16-14-12(5-2-8-18-14)15(20)19-9-3-6-13(19)11-4-1-7-17-10-11/h1-2,4-5,7-8,10,13H,3,6,9H2. The number of rotatable bonds is 2. The van der Waals surface area contributed by atoms with Crippen molar-refractivity contribution in [3.05, 3.63) is 59.1 Å². The zero-order valence-electron chi connectivity index (χ0n) is 10.9. The molecule has 1 saturated heterocycles. The van der Waals surface area contributed by atoms with Crippen LogP contribution in [0.3, 0.4) is 0 Å². The maximum absolute atomic E-state index is 12.6. The van der Waals surface area contributed by atoms with E-state index in [2.05, 4.69) is 9.97 Å². The molecule has 0 radical (unpaired) electrons. The number of hydrogen-bond donors (Lipinski definition) is 0. The van der Waals surface area contributed by atoms with Crippen molar-refractivity contribution in [2.24, 2.45) is 0 Å². The Morgan fingerprint density at radius 2 is 2.15 bits per heavy atom. The molecule has 4 nitrogen and oxygen atoms in total. The Kier molecular flexibility index (Phi) is 3.65. The first-order valence-corrected chi connectivity index (χ1v) is 6.96. The number of likely N-dealkylation sites (tertiary alicyclic amines) is 1. The van der Waals surface area contributed by atoms with Crippen molar-refractivity contribution >= 4 is 17.5 Å². The summed E-state index contributed by atoms with van der Waals surface area (Å²) in [4.78, 5) is 22.6. The lowest BCUT2D eigenvalue weighted by molar-refractivity contribution is 0.0735. The van der Waals surface area contributed by atoms with Crippen LogP contribution < -0.4 is 0 Å². The molecule has 0 N–H and O–H groups in total. The first-order valence-electron chi connectivity index (χ1n) is 6.59. The summed E-state index contributed by atoms with van der Waals surface area (Å²) in [6, 6.07) is 7.43. The second-order valence-electron chi connectivity index (χ2n) is 4.78. The van der Waals surface area contributed by atoms with Crippen molar-refractivity contribution in [2.75, 3.05) is 6.54 Å². The second kappa shape index (κ2) is 5.59. The topological polar surface area (TPSA) is 46.1 Å². The Labute approximate surface area is 122 Å². The number of amides is 1. The molecule has 1 amide bonds.